The molecule has 0 unspecified atom stereocenters. The Kier molecular flexibility index (Phi) is 6.06. The van der Waals surface area contributed by atoms with Crippen LogP contribution in [0.25, 0.3) is 11.4 Å². The molecule has 0 spiro atoms. The van der Waals surface area contributed by atoms with E-state index in [2.05, 4.69) is 21.9 Å². The first-order valence-electron chi connectivity index (χ1n) is 8.90. The molecule has 0 atom stereocenters. The molecular formula is C21H22N4O2S. The summed E-state index contributed by atoms with van der Waals surface area (Å²) in [7, 11) is 0. The third-order valence-electron chi connectivity index (χ3n) is 3.94. The van der Waals surface area contributed by atoms with Gasteiger partial charge in [-0.2, -0.15) is 14.9 Å². The Morgan fingerprint density at radius 2 is 2.11 bits per heavy atom. The van der Waals surface area contributed by atoms with E-state index in [-0.39, 0.29) is 11.9 Å². The van der Waals surface area contributed by atoms with Gasteiger partial charge in [0.15, 0.2) is 5.82 Å². The fourth-order valence-electron chi connectivity index (χ4n) is 2.72. The molecule has 0 radical (unpaired) electrons. The first kappa shape index (κ1) is 19.6. The highest BCUT2D eigenvalue weighted by atomic mass is 32.1. The lowest BCUT2D eigenvalue weighted by Gasteiger charge is -2.10. The van der Waals surface area contributed by atoms with E-state index in [0.29, 0.717) is 22.6 Å². The van der Waals surface area contributed by atoms with E-state index in [9.17, 15) is 5.11 Å². The lowest BCUT2D eigenvalue weighted by Crippen LogP contribution is -2.05. The average Bonchev–Trinajstić information content (AvgIpc) is 3.03. The molecule has 144 valence electrons. The zero-order chi connectivity index (χ0) is 20.1. The Morgan fingerprint density at radius 1 is 1.32 bits per heavy atom. The number of H-pyrrole nitrogens is 1. The van der Waals surface area contributed by atoms with E-state index in [1.807, 2.05) is 50.2 Å². The second-order valence-electron chi connectivity index (χ2n) is 6.45. The van der Waals surface area contributed by atoms with Crippen molar-refractivity contribution in [3.8, 4) is 22.9 Å². The summed E-state index contributed by atoms with van der Waals surface area (Å²) < 4.78 is 7.62. The summed E-state index contributed by atoms with van der Waals surface area (Å²) in [5.41, 5.74) is 2.19. The van der Waals surface area contributed by atoms with Gasteiger partial charge in [-0.15, -0.1) is 6.58 Å². The van der Waals surface area contributed by atoms with Crippen molar-refractivity contribution in [1.82, 2.24) is 14.9 Å². The van der Waals surface area contributed by atoms with E-state index < -0.39 is 0 Å². The quantitative estimate of drug-likeness (QED) is 0.346. The molecule has 3 aromatic rings. The molecular weight excluding hydrogens is 372 g/mol. The van der Waals surface area contributed by atoms with Crippen LogP contribution >= 0.6 is 12.2 Å². The van der Waals surface area contributed by atoms with Gasteiger partial charge in [-0.05, 0) is 56.2 Å². The highest BCUT2D eigenvalue weighted by molar-refractivity contribution is 7.71. The van der Waals surface area contributed by atoms with Crippen LogP contribution in [0.15, 0.2) is 60.2 Å². The molecule has 2 N–H and O–H groups in total. The van der Waals surface area contributed by atoms with Crippen LogP contribution in [0, 0.1) is 4.77 Å². The van der Waals surface area contributed by atoms with Gasteiger partial charge in [-0.25, -0.2) is 5.10 Å². The van der Waals surface area contributed by atoms with Crippen molar-refractivity contribution in [2.24, 2.45) is 5.10 Å². The standard InChI is InChI=1S/C21H22N4O2S/c1-4-7-15-8-5-10-17(19(15)26)13-22-25-20(23-24-21(25)28)16-9-6-11-18(12-16)27-14(2)3/h4-6,8-14,26H,1,7H2,2-3H3,(H,24,28)/b22-13-. The van der Waals surface area contributed by atoms with Gasteiger partial charge in [-0.3, -0.25) is 0 Å². The van der Waals surface area contributed by atoms with Crippen LogP contribution in [-0.2, 0) is 6.42 Å². The molecule has 0 saturated carbocycles. The molecule has 0 aliphatic rings. The second-order valence-corrected chi connectivity index (χ2v) is 6.84. The summed E-state index contributed by atoms with van der Waals surface area (Å²) in [4.78, 5) is 0. The van der Waals surface area contributed by atoms with Gasteiger partial charge in [0.05, 0.1) is 12.3 Å². The molecule has 0 aliphatic carbocycles. The number of aromatic hydroxyl groups is 1. The van der Waals surface area contributed by atoms with Crippen LogP contribution in [0.1, 0.15) is 25.0 Å². The number of rotatable bonds is 7. The molecule has 7 heteroatoms. The predicted octanol–water partition coefficient (Wildman–Crippen LogP) is 4.71. The largest absolute Gasteiger partial charge is 0.507 e. The number of ether oxygens (including phenoxy) is 1. The van der Waals surface area contributed by atoms with Gasteiger partial charge < -0.3 is 9.84 Å². The fraction of sp³-hybridized carbons (Fsp3) is 0.190. The lowest BCUT2D eigenvalue weighted by molar-refractivity contribution is 0.242. The van der Waals surface area contributed by atoms with Gasteiger partial charge in [0.2, 0.25) is 4.77 Å². The van der Waals surface area contributed by atoms with Crippen LogP contribution in [0.4, 0.5) is 0 Å². The topological polar surface area (TPSA) is 75.4 Å². The van der Waals surface area contributed by atoms with Crippen LogP contribution in [0.3, 0.4) is 0 Å². The van der Waals surface area contributed by atoms with Gasteiger partial charge in [0.25, 0.3) is 0 Å². The highest BCUT2D eigenvalue weighted by Gasteiger charge is 2.10. The highest BCUT2D eigenvalue weighted by Crippen LogP contribution is 2.24. The van der Waals surface area contributed by atoms with Crippen LogP contribution < -0.4 is 4.74 Å². The molecule has 28 heavy (non-hydrogen) atoms. The van der Waals surface area contributed by atoms with Crippen LogP contribution in [0.2, 0.25) is 0 Å². The number of phenolic OH excluding ortho intramolecular Hbond substituents is 1. The average molecular weight is 395 g/mol. The maximum absolute atomic E-state index is 10.4. The summed E-state index contributed by atoms with van der Waals surface area (Å²) in [5, 5.41) is 21.9. The Bertz CT molecular complexity index is 1070. The van der Waals surface area contributed by atoms with Gasteiger partial charge in [-0.1, -0.05) is 30.3 Å². The number of nitrogens with one attached hydrogen (secondary N) is 1. The number of aromatic nitrogens is 3. The zero-order valence-corrected chi connectivity index (χ0v) is 16.6. The fourth-order valence-corrected chi connectivity index (χ4v) is 2.90. The first-order chi connectivity index (χ1) is 13.5. The minimum absolute atomic E-state index is 0.0694. The number of aromatic amines is 1. The summed E-state index contributed by atoms with van der Waals surface area (Å²) in [6.45, 7) is 7.65. The second kappa shape index (κ2) is 8.67. The van der Waals surface area contributed by atoms with E-state index >= 15 is 0 Å². The third-order valence-corrected chi connectivity index (χ3v) is 4.21. The number of nitrogens with zero attached hydrogens (tertiary/aromatic N) is 3. The molecule has 0 bridgehead atoms. The van der Waals surface area contributed by atoms with Crippen molar-refractivity contribution < 1.29 is 9.84 Å². The van der Waals surface area contributed by atoms with E-state index in [1.54, 1.807) is 18.4 Å². The summed E-state index contributed by atoms with van der Waals surface area (Å²) in [6, 6.07) is 13.1. The van der Waals surface area contributed by atoms with Crippen molar-refractivity contribution in [2.45, 2.75) is 26.4 Å². The molecule has 0 aliphatic heterocycles. The summed E-state index contributed by atoms with van der Waals surface area (Å²) in [5.74, 6) is 1.47. The molecule has 1 aromatic heterocycles. The van der Waals surface area contributed by atoms with Gasteiger partial charge in [0.1, 0.15) is 11.5 Å². The number of benzene rings is 2. The maximum Gasteiger partial charge on any atom is 0.216 e. The first-order valence-corrected chi connectivity index (χ1v) is 9.31. The van der Waals surface area contributed by atoms with E-state index in [0.717, 1.165) is 16.9 Å². The van der Waals surface area contributed by atoms with Crippen LogP contribution in [-0.4, -0.2) is 32.3 Å². The Morgan fingerprint density at radius 3 is 2.86 bits per heavy atom. The SMILES string of the molecule is C=CCc1cccc(/C=N\n2c(-c3cccc(OC(C)C)c3)n[nH]c2=S)c1O. The van der Waals surface area contributed by atoms with Gasteiger partial charge >= 0.3 is 0 Å². The van der Waals surface area contributed by atoms with Crippen molar-refractivity contribution in [3.05, 3.63) is 71.0 Å². The van der Waals surface area contributed by atoms with E-state index in [1.165, 1.54) is 4.68 Å². The molecule has 0 amide bonds. The molecule has 0 fully saturated rings. The van der Waals surface area contributed by atoms with Crippen molar-refractivity contribution in [2.75, 3.05) is 0 Å². The molecule has 1 heterocycles. The Labute approximate surface area is 168 Å². The normalized spacial score (nSPS) is 11.2. The zero-order valence-electron chi connectivity index (χ0n) is 15.8. The number of para-hydroxylation sites is 1. The Balaban J connectivity index is 1.97. The summed E-state index contributed by atoms with van der Waals surface area (Å²) >= 11 is 5.32. The predicted molar refractivity (Wildman–Crippen MR) is 114 cm³/mol. The number of hydrogen-bond acceptors (Lipinski definition) is 5. The Hall–Kier alpha value is -3.19. The minimum Gasteiger partial charge on any atom is -0.507 e. The number of allylic oxidation sites excluding steroid dienone is 1. The number of phenols is 1. The third kappa shape index (κ3) is 4.37. The van der Waals surface area contributed by atoms with Crippen molar-refractivity contribution in [3.63, 3.8) is 0 Å². The lowest BCUT2D eigenvalue weighted by atomic mass is 10.1. The number of hydrogen-bond donors (Lipinski definition) is 2. The van der Waals surface area contributed by atoms with Crippen LogP contribution in [0.5, 0.6) is 11.5 Å². The monoisotopic (exact) mass is 394 g/mol. The molecule has 2 aromatic carbocycles. The molecule has 6 nitrogen and oxygen atoms in total. The van der Waals surface area contributed by atoms with Gasteiger partial charge in [0, 0.05) is 11.1 Å². The summed E-state index contributed by atoms with van der Waals surface area (Å²) in [6.07, 6.45) is 3.95. The maximum atomic E-state index is 10.4. The molecule has 0 saturated heterocycles. The minimum atomic E-state index is 0.0694. The smallest absolute Gasteiger partial charge is 0.216 e. The van der Waals surface area contributed by atoms with Crippen molar-refractivity contribution >= 4 is 18.4 Å². The van der Waals surface area contributed by atoms with Crippen molar-refractivity contribution in [1.29, 1.82) is 0 Å². The van der Waals surface area contributed by atoms with E-state index in [4.69, 9.17) is 17.0 Å². The molecule has 3 rings (SSSR count).